The van der Waals surface area contributed by atoms with Crippen LogP contribution in [-0.4, -0.2) is 27.1 Å². The highest BCUT2D eigenvalue weighted by molar-refractivity contribution is 9.10. The van der Waals surface area contributed by atoms with E-state index in [1.165, 1.54) is 5.56 Å². The second-order valence-electron chi connectivity index (χ2n) is 4.63. The van der Waals surface area contributed by atoms with Gasteiger partial charge in [-0.2, -0.15) is 5.10 Å². The Morgan fingerprint density at radius 2 is 2.11 bits per heavy atom. The summed E-state index contributed by atoms with van der Waals surface area (Å²) in [6.45, 7) is 1.48. The van der Waals surface area contributed by atoms with Crippen LogP contribution in [0.25, 0.3) is 0 Å². The van der Waals surface area contributed by atoms with Crippen LogP contribution >= 0.6 is 15.9 Å². The summed E-state index contributed by atoms with van der Waals surface area (Å²) in [7, 11) is 0. The summed E-state index contributed by atoms with van der Waals surface area (Å²) in [6.07, 6.45) is 4.53. The van der Waals surface area contributed by atoms with E-state index in [2.05, 4.69) is 33.2 Å². The first kappa shape index (κ1) is 12.4. The number of benzene rings is 1. The van der Waals surface area contributed by atoms with Crippen molar-refractivity contribution in [2.24, 2.45) is 0 Å². The Morgan fingerprint density at radius 3 is 2.79 bits per heavy atom. The molecule has 98 valence electrons. The average Bonchev–Trinajstić information content (AvgIpc) is 3.00. The lowest BCUT2D eigenvalue weighted by Crippen LogP contribution is -2.26. The van der Waals surface area contributed by atoms with Gasteiger partial charge in [0.2, 0.25) is 5.91 Å². The van der Waals surface area contributed by atoms with Gasteiger partial charge >= 0.3 is 0 Å². The van der Waals surface area contributed by atoms with Crippen LogP contribution in [-0.2, 0) is 11.3 Å². The zero-order valence-electron chi connectivity index (χ0n) is 10.4. The molecule has 0 bridgehead atoms. The molecule has 4 nitrogen and oxygen atoms in total. The summed E-state index contributed by atoms with van der Waals surface area (Å²) in [5.74, 6) is 0.124. The van der Waals surface area contributed by atoms with Crippen molar-refractivity contribution in [1.29, 1.82) is 0 Å². The summed E-state index contributed by atoms with van der Waals surface area (Å²) < 4.78 is 1.86. The van der Waals surface area contributed by atoms with E-state index in [9.17, 15) is 4.79 Å². The van der Waals surface area contributed by atoms with Gasteiger partial charge in [0.15, 0.2) is 0 Å². The van der Waals surface area contributed by atoms with Crippen molar-refractivity contribution in [1.82, 2.24) is 9.78 Å². The molecule has 0 saturated carbocycles. The van der Waals surface area contributed by atoms with Crippen molar-refractivity contribution in [2.75, 3.05) is 11.4 Å². The summed E-state index contributed by atoms with van der Waals surface area (Å²) in [5, 5.41) is 4.32. The Hall–Kier alpha value is -1.62. The number of rotatable bonds is 3. The van der Waals surface area contributed by atoms with Crippen molar-refractivity contribution >= 4 is 27.5 Å². The molecule has 0 radical (unpaired) electrons. The van der Waals surface area contributed by atoms with Gasteiger partial charge in [0.25, 0.3) is 0 Å². The van der Waals surface area contributed by atoms with Crippen molar-refractivity contribution < 1.29 is 4.79 Å². The molecule has 2 heterocycles. The van der Waals surface area contributed by atoms with E-state index in [-0.39, 0.29) is 10.7 Å². The number of hydrogen-bond acceptors (Lipinski definition) is 2. The van der Waals surface area contributed by atoms with E-state index in [0.717, 1.165) is 25.2 Å². The normalized spacial score (nSPS) is 19.1. The van der Waals surface area contributed by atoms with E-state index in [1.807, 2.05) is 29.1 Å². The molecule has 2 aromatic rings. The minimum atomic E-state index is -0.0510. The monoisotopic (exact) mass is 319 g/mol. The van der Waals surface area contributed by atoms with Crippen LogP contribution < -0.4 is 4.90 Å². The second kappa shape index (κ2) is 5.17. The Balaban J connectivity index is 1.75. The number of carbonyl (C=O) groups excluding carboxylic acids is 1. The molecule has 1 amide bonds. The van der Waals surface area contributed by atoms with Gasteiger partial charge in [-0.25, -0.2) is 0 Å². The molecule has 3 rings (SSSR count). The van der Waals surface area contributed by atoms with Crippen LogP contribution in [0.2, 0.25) is 0 Å². The Bertz CT molecular complexity index is 581. The fourth-order valence-electron chi connectivity index (χ4n) is 2.25. The minimum absolute atomic E-state index is 0.0510. The molecule has 1 aliphatic rings. The van der Waals surface area contributed by atoms with Crippen molar-refractivity contribution in [3.63, 3.8) is 0 Å². The van der Waals surface area contributed by atoms with Gasteiger partial charge in [0, 0.05) is 12.7 Å². The predicted octanol–water partition coefficient (Wildman–Crippen LogP) is 2.43. The maximum absolute atomic E-state index is 11.9. The number of hydrogen-bond donors (Lipinski definition) is 0. The SMILES string of the molecule is O=C1C(Br)CCN1c1cnn(Cc2ccccc2)c1. The first-order valence-electron chi connectivity index (χ1n) is 6.26. The highest BCUT2D eigenvalue weighted by atomic mass is 79.9. The summed E-state index contributed by atoms with van der Waals surface area (Å²) in [6, 6.07) is 10.2. The van der Waals surface area contributed by atoms with Gasteiger partial charge in [-0.1, -0.05) is 46.3 Å². The molecule has 1 aromatic heterocycles. The number of aromatic nitrogens is 2. The van der Waals surface area contributed by atoms with Gasteiger partial charge < -0.3 is 4.90 Å². The first-order valence-corrected chi connectivity index (χ1v) is 7.17. The fraction of sp³-hybridized carbons (Fsp3) is 0.286. The van der Waals surface area contributed by atoms with Crippen LogP contribution in [0.3, 0.4) is 0 Å². The van der Waals surface area contributed by atoms with Gasteiger partial charge in [-0.05, 0) is 12.0 Å². The Kier molecular flexibility index (Phi) is 3.38. The zero-order valence-corrected chi connectivity index (χ0v) is 12.0. The summed E-state index contributed by atoms with van der Waals surface area (Å²) in [4.78, 5) is 13.7. The van der Waals surface area contributed by atoms with Gasteiger partial charge in [0.05, 0.1) is 23.3 Å². The van der Waals surface area contributed by atoms with E-state index in [0.29, 0.717) is 0 Å². The maximum Gasteiger partial charge on any atom is 0.240 e. The second-order valence-corrected chi connectivity index (χ2v) is 5.73. The number of alkyl halides is 1. The number of nitrogens with zero attached hydrogens (tertiary/aromatic N) is 3. The fourth-order valence-corrected chi connectivity index (χ4v) is 2.70. The van der Waals surface area contributed by atoms with Crippen LogP contribution in [0.15, 0.2) is 42.7 Å². The Morgan fingerprint density at radius 1 is 1.32 bits per heavy atom. The van der Waals surface area contributed by atoms with Crippen molar-refractivity contribution in [3.8, 4) is 0 Å². The van der Waals surface area contributed by atoms with Crippen molar-refractivity contribution in [2.45, 2.75) is 17.8 Å². The predicted molar refractivity (Wildman–Crippen MR) is 77.5 cm³/mol. The third kappa shape index (κ3) is 2.56. The van der Waals surface area contributed by atoms with Gasteiger partial charge in [0.1, 0.15) is 0 Å². The highest BCUT2D eigenvalue weighted by Crippen LogP contribution is 2.24. The van der Waals surface area contributed by atoms with Gasteiger partial charge in [-0.3, -0.25) is 9.48 Å². The Labute approximate surface area is 120 Å². The van der Waals surface area contributed by atoms with Crippen LogP contribution in [0.4, 0.5) is 5.69 Å². The minimum Gasteiger partial charge on any atom is -0.308 e. The standard InChI is InChI=1S/C14H14BrN3O/c15-13-6-7-18(14(13)19)12-8-16-17(10-12)9-11-4-2-1-3-5-11/h1-5,8,10,13H,6-7,9H2. The van der Waals surface area contributed by atoms with Gasteiger partial charge in [-0.15, -0.1) is 0 Å². The van der Waals surface area contributed by atoms with Crippen molar-refractivity contribution in [3.05, 3.63) is 48.3 Å². The summed E-state index contributed by atoms with van der Waals surface area (Å²) >= 11 is 3.38. The van der Waals surface area contributed by atoms with Crippen LogP contribution in [0.5, 0.6) is 0 Å². The van der Waals surface area contributed by atoms with E-state index < -0.39 is 0 Å². The third-order valence-corrected chi connectivity index (χ3v) is 4.11. The average molecular weight is 320 g/mol. The largest absolute Gasteiger partial charge is 0.308 e. The molecular formula is C14H14BrN3O. The molecule has 1 aliphatic heterocycles. The maximum atomic E-state index is 11.9. The number of amides is 1. The molecule has 1 aromatic carbocycles. The number of anilines is 1. The lowest BCUT2D eigenvalue weighted by Gasteiger charge is -2.12. The van der Waals surface area contributed by atoms with E-state index in [4.69, 9.17) is 0 Å². The summed E-state index contributed by atoms with van der Waals surface area (Å²) in [5.41, 5.74) is 2.08. The molecule has 1 saturated heterocycles. The topological polar surface area (TPSA) is 38.1 Å². The molecule has 1 unspecified atom stereocenters. The van der Waals surface area contributed by atoms with Crippen LogP contribution in [0, 0.1) is 0 Å². The number of carbonyl (C=O) groups is 1. The van der Waals surface area contributed by atoms with E-state index >= 15 is 0 Å². The molecular weight excluding hydrogens is 306 g/mol. The van der Waals surface area contributed by atoms with E-state index in [1.54, 1.807) is 11.1 Å². The number of halogens is 1. The first-order chi connectivity index (χ1) is 9.24. The molecule has 0 spiro atoms. The van der Waals surface area contributed by atoms with Crippen LogP contribution in [0.1, 0.15) is 12.0 Å². The smallest absolute Gasteiger partial charge is 0.240 e. The lowest BCUT2D eigenvalue weighted by molar-refractivity contribution is -0.116. The third-order valence-electron chi connectivity index (χ3n) is 3.26. The molecule has 0 aliphatic carbocycles. The highest BCUT2D eigenvalue weighted by Gasteiger charge is 2.30. The molecule has 0 N–H and O–H groups in total. The lowest BCUT2D eigenvalue weighted by atomic mass is 10.2. The molecule has 1 fully saturated rings. The quantitative estimate of drug-likeness (QED) is 0.815. The molecule has 5 heteroatoms. The molecule has 19 heavy (non-hydrogen) atoms. The molecule has 1 atom stereocenters. The zero-order chi connectivity index (χ0) is 13.2.